The first-order valence-electron chi connectivity index (χ1n) is 4.85. The molecule has 1 aromatic rings. The minimum absolute atomic E-state index is 0.0216. The van der Waals surface area contributed by atoms with Crippen LogP contribution in [-0.2, 0) is 4.79 Å². The molecule has 0 unspecified atom stereocenters. The molecule has 1 aliphatic heterocycles. The quantitative estimate of drug-likeness (QED) is 0.739. The Morgan fingerprint density at radius 2 is 2.06 bits per heavy atom. The van der Waals surface area contributed by atoms with Crippen molar-refractivity contribution < 1.29 is 18.3 Å². The summed E-state index contributed by atoms with van der Waals surface area (Å²) in [4.78, 5) is 11.4. The van der Waals surface area contributed by atoms with Crippen LogP contribution in [-0.4, -0.2) is 11.5 Å². The van der Waals surface area contributed by atoms with E-state index in [1.54, 1.807) is 13.8 Å². The fourth-order valence-corrected chi connectivity index (χ4v) is 1.66. The van der Waals surface area contributed by atoms with Crippen LogP contribution in [0.25, 0.3) is 0 Å². The summed E-state index contributed by atoms with van der Waals surface area (Å²) in [5, 5.41) is 2.37. The van der Waals surface area contributed by atoms with Crippen molar-refractivity contribution in [2.75, 3.05) is 5.32 Å². The normalized spacial score (nSPS) is 18.1. The summed E-state index contributed by atoms with van der Waals surface area (Å²) < 4.78 is 31.8. The highest BCUT2D eigenvalue weighted by atomic mass is 19.1. The van der Waals surface area contributed by atoms with Gasteiger partial charge in [-0.1, -0.05) is 0 Å². The van der Waals surface area contributed by atoms with E-state index in [9.17, 15) is 13.6 Å². The van der Waals surface area contributed by atoms with Gasteiger partial charge in [0.25, 0.3) is 0 Å². The van der Waals surface area contributed by atoms with Gasteiger partial charge in [0.05, 0.1) is 6.42 Å². The van der Waals surface area contributed by atoms with Crippen molar-refractivity contribution in [3.05, 3.63) is 23.8 Å². The summed E-state index contributed by atoms with van der Waals surface area (Å²) in [6.07, 6.45) is 0.0861. The minimum atomic E-state index is -0.832. The zero-order valence-electron chi connectivity index (χ0n) is 8.93. The van der Waals surface area contributed by atoms with Crippen molar-refractivity contribution in [3.8, 4) is 5.75 Å². The molecule has 1 aliphatic rings. The predicted molar refractivity (Wildman–Crippen MR) is 54.3 cm³/mol. The number of carbonyl (C=O) groups is 1. The van der Waals surface area contributed by atoms with E-state index in [0.717, 1.165) is 6.07 Å². The number of halogens is 2. The lowest BCUT2D eigenvalue weighted by Gasteiger charge is -2.23. The molecule has 86 valence electrons. The molecular weight excluding hydrogens is 216 g/mol. The summed E-state index contributed by atoms with van der Waals surface area (Å²) in [6.45, 7) is 3.37. The van der Waals surface area contributed by atoms with Crippen LogP contribution in [0, 0.1) is 11.6 Å². The summed E-state index contributed by atoms with van der Waals surface area (Å²) in [5.74, 6) is -1.90. The monoisotopic (exact) mass is 227 g/mol. The first-order valence-corrected chi connectivity index (χ1v) is 4.85. The van der Waals surface area contributed by atoms with Gasteiger partial charge in [0.1, 0.15) is 22.9 Å². The average molecular weight is 227 g/mol. The van der Waals surface area contributed by atoms with Gasteiger partial charge in [-0.25, -0.2) is 8.78 Å². The van der Waals surface area contributed by atoms with Gasteiger partial charge >= 0.3 is 0 Å². The van der Waals surface area contributed by atoms with Crippen LogP contribution in [0.1, 0.15) is 20.3 Å². The lowest BCUT2D eigenvalue weighted by molar-refractivity contribution is -0.118. The number of benzene rings is 1. The smallest absolute Gasteiger partial charge is 0.228 e. The molecule has 0 aromatic heterocycles. The molecule has 0 radical (unpaired) electrons. The summed E-state index contributed by atoms with van der Waals surface area (Å²) in [6, 6.07) is 1.77. The van der Waals surface area contributed by atoms with Crippen molar-refractivity contribution in [2.24, 2.45) is 0 Å². The zero-order chi connectivity index (χ0) is 11.9. The molecule has 0 atom stereocenters. The van der Waals surface area contributed by atoms with E-state index in [0.29, 0.717) is 6.07 Å². The van der Waals surface area contributed by atoms with E-state index >= 15 is 0 Å². The van der Waals surface area contributed by atoms with E-state index in [2.05, 4.69) is 5.32 Å². The minimum Gasteiger partial charge on any atom is -0.485 e. The van der Waals surface area contributed by atoms with E-state index in [4.69, 9.17) is 4.74 Å². The third-order valence-electron chi connectivity index (χ3n) is 2.26. The van der Waals surface area contributed by atoms with Crippen LogP contribution in [0.2, 0.25) is 0 Å². The Kier molecular flexibility index (Phi) is 2.33. The van der Waals surface area contributed by atoms with Gasteiger partial charge in [0.15, 0.2) is 5.82 Å². The van der Waals surface area contributed by atoms with Crippen LogP contribution in [0.15, 0.2) is 12.1 Å². The van der Waals surface area contributed by atoms with Gasteiger partial charge in [-0.3, -0.25) is 4.79 Å². The molecule has 0 saturated heterocycles. The van der Waals surface area contributed by atoms with Gasteiger partial charge in [-0.05, 0) is 13.8 Å². The second-order valence-corrected chi connectivity index (χ2v) is 4.35. The maximum Gasteiger partial charge on any atom is 0.228 e. The van der Waals surface area contributed by atoms with Crippen LogP contribution >= 0.6 is 0 Å². The highest BCUT2D eigenvalue weighted by Gasteiger charge is 2.30. The van der Waals surface area contributed by atoms with E-state index in [1.807, 2.05) is 0 Å². The van der Waals surface area contributed by atoms with Crippen molar-refractivity contribution in [2.45, 2.75) is 25.9 Å². The Morgan fingerprint density at radius 1 is 1.38 bits per heavy atom. The molecule has 5 heteroatoms. The predicted octanol–water partition coefficient (Wildman–Crippen LogP) is 2.46. The highest BCUT2D eigenvalue weighted by Crippen LogP contribution is 2.35. The van der Waals surface area contributed by atoms with E-state index < -0.39 is 17.2 Å². The maximum atomic E-state index is 13.4. The standard InChI is InChI=1S/C11H11F2NO2/c1-11(2)5-9(15)14-10-7(13)3-6(12)4-8(10)16-11/h3-4H,5H2,1-2H3,(H,14,15). The molecule has 0 saturated carbocycles. The van der Waals surface area contributed by atoms with E-state index in [1.165, 1.54) is 0 Å². The molecule has 3 nitrogen and oxygen atoms in total. The largest absolute Gasteiger partial charge is 0.485 e. The molecule has 1 aromatic carbocycles. The topological polar surface area (TPSA) is 38.3 Å². The molecule has 16 heavy (non-hydrogen) atoms. The van der Waals surface area contributed by atoms with Gasteiger partial charge < -0.3 is 10.1 Å². The number of amides is 1. The molecular formula is C11H11F2NO2. The van der Waals surface area contributed by atoms with Crippen LogP contribution < -0.4 is 10.1 Å². The Bertz CT molecular complexity index is 458. The number of rotatable bonds is 0. The third-order valence-corrected chi connectivity index (χ3v) is 2.26. The molecule has 1 heterocycles. The maximum absolute atomic E-state index is 13.4. The van der Waals surface area contributed by atoms with Gasteiger partial charge in [-0.15, -0.1) is 0 Å². The lowest BCUT2D eigenvalue weighted by Crippen LogP contribution is -2.30. The van der Waals surface area contributed by atoms with Crippen molar-refractivity contribution in [1.29, 1.82) is 0 Å². The Morgan fingerprint density at radius 3 is 2.75 bits per heavy atom. The molecule has 2 rings (SSSR count). The molecule has 0 spiro atoms. The number of ether oxygens (including phenoxy) is 1. The molecule has 0 aliphatic carbocycles. The molecule has 0 fully saturated rings. The Hall–Kier alpha value is -1.65. The zero-order valence-corrected chi connectivity index (χ0v) is 8.93. The number of carbonyl (C=O) groups excluding carboxylic acids is 1. The van der Waals surface area contributed by atoms with Gasteiger partial charge in [-0.2, -0.15) is 0 Å². The number of fused-ring (bicyclic) bond motifs is 1. The van der Waals surface area contributed by atoms with Gasteiger partial charge in [0.2, 0.25) is 5.91 Å². The second kappa shape index (κ2) is 3.43. The second-order valence-electron chi connectivity index (χ2n) is 4.35. The number of anilines is 1. The average Bonchev–Trinajstić information content (AvgIpc) is 2.19. The number of hydrogen-bond donors (Lipinski definition) is 1. The number of hydrogen-bond acceptors (Lipinski definition) is 2. The molecule has 0 bridgehead atoms. The molecule has 1 N–H and O–H groups in total. The lowest BCUT2D eigenvalue weighted by atomic mass is 10.1. The Labute approximate surface area is 91.4 Å². The van der Waals surface area contributed by atoms with Crippen LogP contribution in [0.4, 0.5) is 14.5 Å². The SMILES string of the molecule is CC1(C)CC(=O)Nc2c(F)cc(F)cc2O1. The highest BCUT2D eigenvalue weighted by molar-refractivity contribution is 5.93. The summed E-state index contributed by atoms with van der Waals surface area (Å²) in [5.41, 5.74) is -0.882. The fourth-order valence-electron chi connectivity index (χ4n) is 1.66. The van der Waals surface area contributed by atoms with Crippen molar-refractivity contribution in [1.82, 2.24) is 0 Å². The number of nitrogens with one attached hydrogen (secondary N) is 1. The van der Waals surface area contributed by atoms with Crippen molar-refractivity contribution in [3.63, 3.8) is 0 Å². The first kappa shape index (κ1) is 10.9. The van der Waals surface area contributed by atoms with Crippen molar-refractivity contribution >= 4 is 11.6 Å². The summed E-state index contributed by atoms with van der Waals surface area (Å²) in [7, 11) is 0. The third kappa shape index (κ3) is 1.98. The van der Waals surface area contributed by atoms with E-state index in [-0.39, 0.29) is 23.8 Å². The van der Waals surface area contributed by atoms with Crippen LogP contribution in [0.5, 0.6) is 5.75 Å². The van der Waals surface area contributed by atoms with Gasteiger partial charge in [0, 0.05) is 12.1 Å². The molecule has 1 amide bonds. The Balaban J connectivity index is 2.54. The first-order chi connectivity index (χ1) is 7.37. The summed E-state index contributed by atoms with van der Waals surface area (Å²) >= 11 is 0. The van der Waals surface area contributed by atoms with Crippen LogP contribution in [0.3, 0.4) is 0 Å². The fraction of sp³-hybridized carbons (Fsp3) is 0.364.